The van der Waals surface area contributed by atoms with Gasteiger partial charge < -0.3 is 14.7 Å². The molecular weight excluding hydrogens is 304 g/mol. The number of carbonyl (C=O) groups is 1. The Morgan fingerprint density at radius 2 is 1.79 bits per heavy atom. The van der Waals surface area contributed by atoms with E-state index in [1.165, 1.54) is 12.8 Å². The van der Waals surface area contributed by atoms with Crippen LogP contribution in [-0.4, -0.2) is 72.4 Å². The van der Waals surface area contributed by atoms with Crippen molar-refractivity contribution in [3.05, 3.63) is 0 Å². The molecule has 5 nitrogen and oxygen atoms in total. The molecule has 0 radical (unpaired) electrons. The maximum Gasteiger partial charge on any atom is 0.236 e. The quantitative estimate of drug-likeness (QED) is 0.854. The molecular formula is C19H34N2O3. The van der Waals surface area contributed by atoms with Crippen LogP contribution in [0.4, 0.5) is 0 Å². The molecule has 1 amide bonds. The van der Waals surface area contributed by atoms with E-state index in [1.54, 1.807) is 0 Å². The molecule has 2 atom stereocenters. The zero-order valence-corrected chi connectivity index (χ0v) is 15.2. The fraction of sp³-hybridized carbons (Fsp3) is 0.947. The van der Waals surface area contributed by atoms with Crippen LogP contribution in [0.1, 0.15) is 51.9 Å². The molecule has 1 N–H and O–H groups in total. The van der Waals surface area contributed by atoms with Gasteiger partial charge in [-0.25, -0.2) is 0 Å². The van der Waals surface area contributed by atoms with Gasteiger partial charge in [-0.05, 0) is 43.9 Å². The van der Waals surface area contributed by atoms with Crippen molar-refractivity contribution >= 4 is 5.91 Å². The van der Waals surface area contributed by atoms with E-state index in [4.69, 9.17) is 4.74 Å². The Kier molecular flexibility index (Phi) is 6.17. The van der Waals surface area contributed by atoms with Crippen LogP contribution in [0, 0.1) is 11.8 Å². The zero-order chi connectivity index (χ0) is 17.0. The lowest BCUT2D eigenvalue weighted by atomic mass is 9.70. The van der Waals surface area contributed by atoms with Crippen molar-refractivity contribution in [1.29, 1.82) is 0 Å². The fourth-order valence-electron chi connectivity index (χ4n) is 4.78. The van der Waals surface area contributed by atoms with E-state index in [1.807, 2.05) is 0 Å². The number of likely N-dealkylation sites (tertiary alicyclic amines) is 2. The van der Waals surface area contributed by atoms with Crippen molar-refractivity contribution < 1.29 is 14.6 Å². The second-order valence-corrected chi connectivity index (χ2v) is 8.06. The van der Waals surface area contributed by atoms with Crippen LogP contribution in [0.3, 0.4) is 0 Å². The van der Waals surface area contributed by atoms with E-state index in [9.17, 15) is 9.90 Å². The van der Waals surface area contributed by atoms with Gasteiger partial charge in [-0.1, -0.05) is 19.8 Å². The molecule has 0 unspecified atom stereocenters. The topological polar surface area (TPSA) is 53.0 Å². The van der Waals surface area contributed by atoms with Crippen LogP contribution in [0.2, 0.25) is 0 Å². The summed E-state index contributed by atoms with van der Waals surface area (Å²) < 4.78 is 5.45. The van der Waals surface area contributed by atoms with E-state index < -0.39 is 5.60 Å². The first-order valence-corrected chi connectivity index (χ1v) is 9.90. The minimum absolute atomic E-state index is 0.214. The summed E-state index contributed by atoms with van der Waals surface area (Å²) in [5, 5.41) is 11.2. The van der Waals surface area contributed by atoms with E-state index in [0.29, 0.717) is 12.5 Å². The lowest BCUT2D eigenvalue weighted by Gasteiger charge is -2.48. The highest BCUT2D eigenvalue weighted by molar-refractivity contribution is 5.78. The molecule has 3 fully saturated rings. The van der Waals surface area contributed by atoms with Crippen LogP contribution < -0.4 is 0 Å². The van der Waals surface area contributed by atoms with Gasteiger partial charge in [-0.3, -0.25) is 9.69 Å². The summed E-state index contributed by atoms with van der Waals surface area (Å²) >= 11 is 0. The summed E-state index contributed by atoms with van der Waals surface area (Å²) in [5.74, 6) is 0.844. The summed E-state index contributed by atoms with van der Waals surface area (Å²) in [6, 6.07) is 0. The number of piperidine rings is 1. The largest absolute Gasteiger partial charge is 0.389 e. The summed E-state index contributed by atoms with van der Waals surface area (Å²) in [7, 11) is 0. The highest BCUT2D eigenvalue weighted by atomic mass is 16.5. The third kappa shape index (κ3) is 4.12. The van der Waals surface area contributed by atoms with Gasteiger partial charge in [0.05, 0.1) is 12.1 Å². The number of nitrogens with zero attached hydrogens (tertiary/aromatic N) is 2. The van der Waals surface area contributed by atoms with Gasteiger partial charge >= 0.3 is 0 Å². The van der Waals surface area contributed by atoms with Crippen molar-refractivity contribution in [2.45, 2.75) is 57.5 Å². The minimum atomic E-state index is -0.577. The molecule has 0 aromatic rings. The standard InChI is InChI=1S/C19H34N2O3/c1-16-14-20(15-18(22)21-9-4-2-3-5-10-21)11-8-19(16,23)17-6-12-24-13-7-17/h16-17,23H,2-15H2,1H3/t16-,19+/m1/s1. The molecule has 0 spiro atoms. The van der Waals surface area contributed by atoms with Crippen molar-refractivity contribution in [3.8, 4) is 0 Å². The molecule has 3 heterocycles. The Labute approximate surface area is 146 Å². The number of hydrogen-bond donors (Lipinski definition) is 1. The lowest BCUT2D eigenvalue weighted by Crippen LogP contribution is -2.57. The number of hydrogen-bond acceptors (Lipinski definition) is 4. The van der Waals surface area contributed by atoms with Gasteiger partial charge in [0.2, 0.25) is 5.91 Å². The van der Waals surface area contributed by atoms with Crippen molar-refractivity contribution in [1.82, 2.24) is 9.80 Å². The van der Waals surface area contributed by atoms with Crippen LogP contribution in [-0.2, 0) is 9.53 Å². The number of rotatable bonds is 3. The minimum Gasteiger partial charge on any atom is -0.389 e. The first kappa shape index (κ1) is 18.2. The second kappa shape index (κ2) is 8.15. The number of amides is 1. The highest BCUT2D eigenvalue weighted by Gasteiger charge is 2.45. The second-order valence-electron chi connectivity index (χ2n) is 8.06. The molecule has 24 heavy (non-hydrogen) atoms. The van der Waals surface area contributed by atoms with E-state index in [0.717, 1.165) is 71.5 Å². The summed E-state index contributed by atoms with van der Waals surface area (Å²) in [5.41, 5.74) is -0.577. The number of aliphatic hydroxyl groups is 1. The Bertz CT molecular complexity index is 417. The SMILES string of the molecule is C[C@@H]1CN(CC(=O)N2CCCCCC2)CC[C@@]1(O)C1CCOCC1. The predicted octanol–water partition coefficient (Wildman–Crippen LogP) is 1.89. The van der Waals surface area contributed by atoms with Crippen molar-refractivity contribution in [3.63, 3.8) is 0 Å². The first-order chi connectivity index (χ1) is 11.6. The van der Waals surface area contributed by atoms with Crippen LogP contribution in [0.5, 0.6) is 0 Å². The maximum absolute atomic E-state index is 12.6. The van der Waals surface area contributed by atoms with Crippen molar-refractivity contribution in [2.24, 2.45) is 11.8 Å². The Morgan fingerprint density at radius 1 is 1.12 bits per heavy atom. The Hall–Kier alpha value is -0.650. The van der Waals surface area contributed by atoms with Crippen LogP contribution in [0.25, 0.3) is 0 Å². The van der Waals surface area contributed by atoms with Gasteiger partial charge in [0.1, 0.15) is 0 Å². The predicted molar refractivity (Wildman–Crippen MR) is 93.8 cm³/mol. The summed E-state index contributed by atoms with van der Waals surface area (Å²) in [6.07, 6.45) is 7.51. The molecule has 5 heteroatoms. The monoisotopic (exact) mass is 338 g/mol. The van der Waals surface area contributed by atoms with Gasteiger partial charge in [-0.15, -0.1) is 0 Å². The van der Waals surface area contributed by atoms with E-state index in [-0.39, 0.29) is 11.8 Å². The average molecular weight is 338 g/mol. The molecule has 3 rings (SSSR count). The Balaban J connectivity index is 1.52. The molecule has 0 aromatic heterocycles. The first-order valence-electron chi connectivity index (χ1n) is 9.90. The van der Waals surface area contributed by atoms with Gasteiger partial charge in [0.25, 0.3) is 0 Å². The maximum atomic E-state index is 12.6. The normalized spacial score (nSPS) is 34.1. The molecule has 0 aliphatic carbocycles. The smallest absolute Gasteiger partial charge is 0.236 e. The highest BCUT2D eigenvalue weighted by Crippen LogP contribution is 2.39. The molecule has 3 saturated heterocycles. The van der Waals surface area contributed by atoms with E-state index in [2.05, 4.69) is 16.7 Å². The lowest BCUT2D eigenvalue weighted by molar-refractivity contribution is -0.143. The zero-order valence-electron chi connectivity index (χ0n) is 15.2. The third-order valence-electron chi connectivity index (χ3n) is 6.46. The van der Waals surface area contributed by atoms with Gasteiger partial charge in [0, 0.05) is 39.4 Å². The molecule has 3 aliphatic rings. The van der Waals surface area contributed by atoms with Crippen LogP contribution >= 0.6 is 0 Å². The van der Waals surface area contributed by atoms with E-state index >= 15 is 0 Å². The Morgan fingerprint density at radius 3 is 2.42 bits per heavy atom. The number of carbonyl (C=O) groups excluding carboxylic acids is 1. The van der Waals surface area contributed by atoms with Crippen LogP contribution in [0.15, 0.2) is 0 Å². The van der Waals surface area contributed by atoms with Crippen molar-refractivity contribution in [2.75, 3.05) is 45.9 Å². The van der Waals surface area contributed by atoms with Gasteiger partial charge in [-0.2, -0.15) is 0 Å². The molecule has 138 valence electrons. The summed E-state index contributed by atoms with van der Waals surface area (Å²) in [4.78, 5) is 16.9. The molecule has 0 saturated carbocycles. The molecule has 3 aliphatic heterocycles. The average Bonchev–Trinajstić information content (AvgIpc) is 2.88. The fourth-order valence-corrected chi connectivity index (χ4v) is 4.78. The summed E-state index contributed by atoms with van der Waals surface area (Å²) in [6.45, 7) is 7.73. The van der Waals surface area contributed by atoms with Gasteiger partial charge in [0.15, 0.2) is 0 Å². The number of ether oxygens (including phenoxy) is 1. The molecule has 0 aromatic carbocycles. The molecule has 0 bridgehead atoms. The third-order valence-corrected chi connectivity index (χ3v) is 6.46.